The molecule has 2 aliphatic rings. The quantitative estimate of drug-likeness (QED) is 0.811. The highest BCUT2D eigenvalue weighted by molar-refractivity contribution is 7.99. The Kier molecular flexibility index (Phi) is 4.23. The summed E-state index contributed by atoms with van der Waals surface area (Å²) in [5.41, 5.74) is 0.544. The molecule has 1 saturated carbocycles. The molecule has 3 atom stereocenters. The van der Waals surface area contributed by atoms with Gasteiger partial charge in [-0.15, -0.1) is 0 Å². The molecule has 3 unspecified atom stereocenters. The van der Waals surface area contributed by atoms with Crippen LogP contribution in [0.25, 0.3) is 0 Å². The monoisotopic (exact) mass is 241 g/mol. The van der Waals surface area contributed by atoms with Gasteiger partial charge in [-0.25, -0.2) is 0 Å². The molecule has 0 aromatic carbocycles. The van der Waals surface area contributed by atoms with E-state index in [2.05, 4.69) is 37.8 Å². The number of hydrogen-bond donors (Lipinski definition) is 1. The molecule has 1 N–H and O–H groups in total. The fraction of sp³-hybridized carbons (Fsp3) is 1.00. The summed E-state index contributed by atoms with van der Waals surface area (Å²) >= 11 is 2.13. The van der Waals surface area contributed by atoms with Gasteiger partial charge in [-0.05, 0) is 42.4 Å². The molecule has 0 bridgehead atoms. The topological polar surface area (TPSA) is 12.0 Å². The van der Waals surface area contributed by atoms with E-state index >= 15 is 0 Å². The van der Waals surface area contributed by atoms with Crippen LogP contribution in [0.2, 0.25) is 0 Å². The van der Waals surface area contributed by atoms with Gasteiger partial charge in [0, 0.05) is 11.8 Å². The summed E-state index contributed by atoms with van der Waals surface area (Å²) in [4.78, 5) is 0. The fourth-order valence-corrected chi connectivity index (χ4v) is 4.55. The van der Waals surface area contributed by atoms with E-state index in [4.69, 9.17) is 0 Å². The molecule has 0 spiro atoms. The number of thioether (sulfide) groups is 1. The molecule has 1 saturated heterocycles. The summed E-state index contributed by atoms with van der Waals surface area (Å²) in [6.07, 6.45) is 5.73. The van der Waals surface area contributed by atoms with E-state index in [1.54, 1.807) is 0 Å². The molecule has 0 radical (unpaired) electrons. The second-order valence-corrected chi connectivity index (χ2v) is 7.69. The fourth-order valence-electron chi connectivity index (χ4n) is 3.24. The highest BCUT2D eigenvalue weighted by atomic mass is 32.2. The number of hydrogen-bond acceptors (Lipinski definition) is 2. The van der Waals surface area contributed by atoms with Crippen molar-refractivity contribution in [2.75, 3.05) is 18.1 Å². The lowest BCUT2D eigenvalue weighted by atomic mass is 9.87. The average Bonchev–Trinajstić information content (AvgIpc) is 2.60. The maximum Gasteiger partial charge on any atom is 0.0163 e. The molecule has 1 aliphatic carbocycles. The largest absolute Gasteiger partial charge is 0.313 e. The van der Waals surface area contributed by atoms with Crippen molar-refractivity contribution < 1.29 is 0 Å². The minimum Gasteiger partial charge on any atom is -0.313 e. The van der Waals surface area contributed by atoms with Crippen molar-refractivity contribution in [2.45, 2.75) is 52.5 Å². The average molecular weight is 241 g/mol. The Labute approximate surface area is 105 Å². The summed E-state index contributed by atoms with van der Waals surface area (Å²) in [6.45, 7) is 8.51. The second-order valence-electron chi connectivity index (χ2n) is 6.66. The smallest absolute Gasteiger partial charge is 0.0163 e. The van der Waals surface area contributed by atoms with Crippen molar-refractivity contribution in [1.29, 1.82) is 0 Å². The molecule has 2 fully saturated rings. The van der Waals surface area contributed by atoms with Crippen LogP contribution >= 0.6 is 11.8 Å². The third-order valence-electron chi connectivity index (χ3n) is 4.32. The minimum atomic E-state index is 0.544. The summed E-state index contributed by atoms with van der Waals surface area (Å²) in [5.74, 6) is 4.57. The van der Waals surface area contributed by atoms with E-state index in [1.807, 2.05) is 0 Å². The van der Waals surface area contributed by atoms with Gasteiger partial charge in [0.25, 0.3) is 0 Å². The molecule has 2 rings (SSSR count). The van der Waals surface area contributed by atoms with Crippen LogP contribution in [0.15, 0.2) is 0 Å². The van der Waals surface area contributed by atoms with Crippen LogP contribution in [0.3, 0.4) is 0 Å². The Bertz CT molecular complexity index is 227. The van der Waals surface area contributed by atoms with Crippen molar-refractivity contribution in [3.05, 3.63) is 0 Å². The van der Waals surface area contributed by atoms with E-state index < -0.39 is 0 Å². The molecule has 0 aromatic heterocycles. The molecule has 1 heterocycles. The Morgan fingerprint density at radius 3 is 2.75 bits per heavy atom. The lowest BCUT2D eigenvalue weighted by Crippen LogP contribution is -2.42. The Morgan fingerprint density at radius 2 is 2.12 bits per heavy atom. The Balaban J connectivity index is 1.73. The highest BCUT2D eigenvalue weighted by Gasteiger charge is 2.29. The third kappa shape index (κ3) is 3.40. The van der Waals surface area contributed by atoms with Crippen LogP contribution in [-0.4, -0.2) is 24.1 Å². The number of nitrogens with one attached hydrogen (secondary N) is 1. The van der Waals surface area contributed by atoms with Gasteiger partial charge in [0.2, 0.25) is 0 Å². The maximum atomic E-state index is 3.83. The maximum absolute atomic E-state index is 3.83. The first-order chi connectivity index (χ1) is 7.57. The van der Waals surface area contributed by atoms with E-state index in [1.165, 1.54) is 43.7 Å². The van der Waals surface area contributed by atoms with Gasteiger partial charge in [-0.2, -0.15) is 11.8 Å². The van der Waals surface area contributed by atoms with Crippen LogP contribution in [-0.2, 0) is 0 Å². The lowest BCUT2D eigenvalue weighted by molar-refractivity contribution is 0.295. The normalized spacial score (nSPS) is 38.8. The zero-order chi connectivity index (χ0) is 11.6. The molecule has 0 amide bonds. The Morgan fingerprint density at radius 1 is 1.31 bits per heavy atom. The van der Waals surface area contributed by atoms with Gasteiger partial charge in [0.05, 0.1) is 0 Å². The minimum absolute atomic E-state index is 0.544. The highest BCUT2D eigenvalue weighted by Crippen LogP contribution is 2.34. The van der Waals surface area contributed by atoms with Crippen LogP contribution in [0.4, 0.5) is 0 Å². The molecule has 1 nitrogen and oxygen atoms in total. The van der Waals surface area contributed by atoms with E-state index in [9.17, 15) is 0 Å². The van der Waals surface area contributed by atoms with Gasteiger partial charge in [-0.3, -0.25) is 0 Å². The van der Waals surface area contributed by atoms with Crippen LogP contribution in [0.5, 0.6) is 0 Å². The van der Waals surface area contributed by atoms with E-state index in [0.29, 0.717) is 5.41 Å². The van der Waals surface area contributed by atoms with Crippen molar-refractivity contribution in [3.63, 3.8) is 0 Å². The third-order valence-corrected chi connectivity index (χ3v) is 5.94. The van der Waals surface area contributed by atoms with Gasteiger partial charge in [0.15, 0.2) is 0 Å². The van der Waals surface area contributed by atoms with E-state index in [0.717, 1.165) is 17.9 Å². The van der Waals surface area contributed by atoms with Gasteiger partial charge in [0.1, 0.15) is 0 Å². The Hall–Kier alpha value is 0.310. The van der Waals surface area contributed by atoms with Crippen molar-refractivity contribution in [2.24, 2.45) is 17.3 Å². The van der Waals surface area contributed by atoms with Crippen LogP contribution in [0, 0.1) is 17.3 Å². The lowest BCUT2D eigenvalue weighted by Gasteiger charge is -2.36. The molecule has 94 valence electrons. The van der Waals surface area contributed by atoms with Crippen LogP contribution < -0.4 is 5.32 Å². The summed E-state index contributed by atoms with van der Waals surface area (Å²) in [6, 6.07) is 0.765. The van der Waals surface area contributed by atoms with E-state index in [-0.39, 0.29) is 0 Å². The zero-order valence-electron chi connectivity index (χ0n) is 11.1. The predicted octanol–water partition coefficient (Wildman–Crippen LogP) is 3.54. The second kappa shape index (κ2) is 5.30. The molecular formula is C14H27NS. The van der Waals surface area contributed by atoms with Gasteiger partial charge < -0.3 is 5.32 Å². The van der Waals surface area contributed by atoms with Crippen molar-refractivity contribution in [3.8, 4) is 0 Å². The predicted molar refractivity (Wildman–Crippen MR) is 74.0 cm³/mol. The molecule has 1 aliphatic heterocycles. The van der Waals surface area contributed by atoms with Crippen LogP contribution in [0.1, 0.15) is 46.5 Å². The molecule has 2 heteroatoms. The van der Waals surface area contributed by atoms with Gasteiger partial charge >= 0.3 is 0 Å². The number of rotatable bonds is 3. The first-order valence-corrected chi connectivity index (χ1v) is 8.03. The molecule has 16 heavy (non-hydrogen) atoms. The standard InChI is InChI=1S/C14H27NS/c1-11-5-4-6-12(11)8-15-13-7-14(2,3)10-16-9-13/h11-13,15H,4-10H2,1-3H3. The van der Waals surface area contributed by atoms with Gasteiger partial charge in [-0.1, -0.05) is 33.6 Å². The first kappa shape index (κ1) is 12.8. The summed E-state index contributed by atoms with van der Waals surface area (Å²) in [5, 5.41) is 3.83. The summed E-state index contributed by atoms with van der Waals surface area (Å²) < 4.78 is 0. The SMILES string of the molecule is CC1CCCC1CNC1CSCC(C)(C)C1. The first-order valence-electron chi connectivity index (χ1n) is 6.88. The molecular weight excluding hydrogens is 214 g/mol. The van der Waals surface area contributed by atoms with Crippen molar-refractivity contribution >= 4 is 11.8 Å². The summed E-state index contributed by atoms with van der Waals surface area (Å²) in [7, 11) is 0. The zero-order valence-corrected chi connectivity index (χ0v) is 11.9. The van der Waals surface area contributed by atoms with Crippen molar-refractivity contribution in [1.82, 2.24) is 5.32 Å². The molecule has 0 aromatic rings.